The molecule has 0 atom stereocenters. The predicted molar refractivity (Wildman–Crippen MR) is 60.2 cm³/mol. The second-order valence-corrected chi connectivity index (χ2v) is 4.20. The van der Waals surface area contributed by atoms with Gasteiger partial charge in [0, 0.05) is 25.0 Å². The summed E-state index contributed by atoms with van der Waals surface area (Å²) in [5, 5.41) is 9.88. The van der Waals surface area contributed by atoms with E-state index >= 15 is 0 Å². The van der Waals surface area contributed by atoms with Gasteiger partial charge in [0.25, 0.3) is 5.91 Å². The van der Waals surface area contributed by atoms with E-state index in [9.17, 15) is 9.90 Å². The van der Waals surface area contributed by atoms with Gasteiger partial charge in [-0.25, -0.2) is 0 Å². The lowest BCUT2D eigenvalue weighted by atomic mass is 9.91. The van der Waals surface area contributed by atoms with E-state index in [4.69, 9.17) is 5.73 Å². The Balaban J connectivity index is 2.12. The molecule has 0 aromatic carbocycles. The molecule has 0 saturated carbocycles. The molecule has 5 heteroatoms. The van der Waals surface area contributed by atoms with Crippen molar-refractivity contribution < 1.29 is 9.90 Å². The van der Waals surface area contributed by atoms with Crippen molar-refractivity contribution in [3.8, 4) is 0 Å². The van der Waals surface area contributed by atoms with E-state index in [-0.39, 0.29) is 5.69 Å². The first kappa shape index (κ1) is 10.9. The van der Waals surface area contributed by atoms with Gasteiger partial charge in [0.15, 0.2) is 0 Å². The summed E-state index contributed by atoms with van der Waals surface area (Å²) in [5.41, 5.74) is 5.70. The van der Waals surface area contributed by atoms with Crippen LogP contribution in [-0.2, 0) is 0 Å². The van der Waals surface area contributed by atoms with Crippen LogP contribution in [0.5, 0.6) is 0 Å². The Hall–Kier alpha value is -1.62. The van der Waals surface area contributed by atoms with Gasteiger partial charge in [-0.05, 0) is 18.6 Å². The fraction of sp³-hybridized carbons (Fsp3) is 0.455. The highest BCUT2D eigenvalue weighted by Crippen LogP contribution is 2.29. The lowest BCUT2D eigenvalue weighted by Crippen LogP contribution is -2.61. The topological polar surface area (TPSA) is 79.4 Å². The number of hydrogen-bond acceptors (Lipinski definition) is 4. The molecule has 0 spiro atoms. The highest BCUT2D eigenvalue weighted by Gasteiger charge is 2.39. The van der Waals surface area contributed by atoms with Crippen molar-refractivity contribution in [3.63, 3.8) is 0 Å². The first-order valence-electron chi connectivity index (χ1n) is 5.27. The molecule has 0 unspecified atom stereocenters. The maximum atomic E-state index is 11.0. The standard InChI is InChI=1S/C11H15N3O2/c1-2-11(16)6-14(7-11)8-3-4-13-9(5-8)10(12)15/h3-5,16H,2,6-7H2,1H3,(H2,12,15). The SMILES string of the molecule is CCC1(O)CN(c2ccnc(C(N)=O)c2)C1. The molecule has 1 aliphatic heterocycles. The molecule has 2 rings (SSSR count). The molecule has 1 fully saturated rings. The predicted octanol–water partition coefficient (Wildman–Crippen LogP) is 0.142. The van der Waals surface area contributed by atoms with Crippen molar-refractivity contribution in [1.29, 1.82) is 0 Å². The molecule has 2 heterocycles. The molecule has 16 heavy (non-hydrogen) atoms. The molecular formula is C11H15N3O2. The first-order valence-corrected chi connectivity index (χ1v) is 5.27. The lowest BCUT2D eigenvalue weighted by molar-refractivity contribution is 0.00852. The normalized spacial score (nSPS) is 18.0. The van der Waals surface area contributed by atoms with Crippen molar-refractivity contribution in [2.75, 3.05) is 18.0 Å². The van der Waals surface area contributed by atoms with Crippen LogP contribution in [0.1, 0.15) is 23.8 Å². The van der Waals surface area contributed by atoms with Gasteiger partial charge in [0.2, 0.25) is 0 Å². The van der Waals surface area contributed by atoms with E-state index in [1.807, 2.05) is 17.9 Å². The van der Waals surface area contributed by atoms with Crippen molar-refractivity contribution >= 4 is 11.6 Å². The third-order valence-corrected chi connectivity index (χ3v) is 2.99. The van der Waals surface area contributed by atoms with Crippen molar-refractivity contribution in [2.24, 2.45) is 5.73 Å². The zero-order valence-corrected chi connectivity index (χ0v) is 9.18. The number of hydrogen-bond donors (Lipinski definition) is 2. The number of nitrogens with two attached hydrogens (primary N) is 1. The number of carbonyl (C=O) groups is 1. The minimum absolute atomic E-state index is 0.254. The third-order valence-electron chi connectivity index (χ3n) is 2.99. The number of aliphatic hydroxyl groups is 1. The Kier molecular flexibility index (Phi) is 2.55. The highest BCUT2D eigenvalue weighted by molar-refractivity contribution is 5.91. The number of primary amides is 1. The third kappa shape index (κ3) is 1.86. The summed E-state index contributed by atoms with van der Waals surface area (Å²) in [5.74, 6) is -0.534. The number of amides is 1. The number of anilines is 1. The van der Waals surface area contributed by atoms with Crippen molar-refractivity contribution in [3.05, 3.63) is 24.0 Å². The Morgan fingerprint density at radius 3 is 2.94 bits per heavy atom. The van der Waals surface area contributed by atoms with Crippen LogP contribution in [0.3, 0.4) is 0 Å². The summed E-state index contributed by atoms with van der Waals surface area (Å²) in [6.07, 6.45) is 2.29. The summed E-state index contributed by atoms with van der Waals surface area (Å²) in [4.78, 5) is 16.8. The molecule has 0 radical (unpaired) electrons. The number of nitrogens with zero attached hydrogens (tertiary/aromatic N) is 2. The summed E-state index contributed by atoms with van der Waals surface area (Å²) in [6, 6.07) is 3.46. The minimum atomic E-state index is -0.587. The van der Waals surface area contributed by atoms with E-state index in [1.165, 1.54) is 0 Å². The van der Waals surface area contributed by atoms with Gasteiger partial charge in [0.1, 0.15) is 5.69 Å². The zero-order valence-electron chi connectivity index (χ0n) is 9.18. The Labute approximate surface area is 93.9 Å². The van der Waals surface area contributed by atoms with Crippen LogP contribution in [0.2, 0.25) is 0 Å². The summed E-state index contributed by atoms with van der Waals surface area (Å²) >= 11 is 0. The van der Waals surface area contributed by atoms with E-state index in [0.29, 0.717) is 13.1 Å². The lowest BCUT2D eigenvalue weighted by Gasteiger charge is -2.47. The van der Waals surface area contributed by atoms with Crippen molar-refractivity contribution in [2.45, 2.75) is 18.9 Å². The highest BCUT2D eigenvalue weighted by atomic mass is 16.3. The van der Waals surface area contributed by atoms with Gasteiger partial charge in [-0.15, -0.1) is 0 Å². The summed E-state index contributed by atoms with van der Waals surface area (Å²) in [6.45, 7) is 3.14. The van der Waals surface area contributed by atoms with Gasteiger partial charge in [0.05, 0.1) is 5.60 Å². The molecule has 5 nitrogen and oxygen atoms in total. The minimum Gasteiger partial charge on any atom is -0.386 e. The van der Waals surface area contributed by atoms with Gasteiger partial charge in [-0.1, -0.05) is 6.92 Å². The quantitative estimate of drug-likeness (QED) is 0.761. The van der Waals surface area contributed by atoms with Gasteiger partial charge in [-0.3, -0.25) is 9.78 Å². The first-order chi connectivity index (χ1) is 7.54. The average molecular weight is 221 g/mol. The molecule has 3 N–H and O–H groups in total. The van der Waals surface area contributed by atoms with Crippen LogP contribution in [0, 0.1) is 0 Å². The fourth-order valence-corrected chi connectivity index (χ4v) is 1.82. The molecular weight excluding hydrogens is 206 g/mol. The maximum Gasteiger partial charge on any atom is 0.267 e. The average Bonchev–Trinajstić information content (AvgIpc) is 2.25. The molecule has 0 aliphatic carbocycles. The van der Waals surface area contributed by atoms with Gasteiger partial charge >= 0.3 is 0 Å². The second kappa shape index (κ2) is 3.75. The van der Waals surface area contributed by atoms with Crippen LogP contribution in [0.25, 0.3) is 0 Å². The number of aromatic nitrogens is 1. The molecule has 86 valence electrons. The number of carbonyl (C=O) groups excluding carboxylic acids is 1. The Bertz CT molecular complexity index is 413. The van der Waals surface area contributed by atoms with E-state index in [2.05, 4.69) is 4.98 Å². The molecule has 1 aromatic rings. The van der Waals surface area contributed by atoms with Crippen LogP contribution < -0.4 is 10.6 Å². The zero-order chi connectivity index (χ0) is 11.8. The molecule has 1 aromatic heterocycles. The Morgan fingerprint density at radius 1 is 1.69 bits per heavy atom. The van der Waals surface area contributed by atoms with E-state index < -0.39 is 11.5 Å². The second-order valence-electron chi connectivity index (χ2n) is 4.20. The number of pyridine rings is 1. The van der Waals surface area contributed by atoms with E-state index in [0.717, 1.165) is 12.1 Å². The van der Waals surface area contributed by atoms with Crippen LogP contribution in [0.4, 0.5) is 5.69 Å². The van der Waals surface area contributed by atoms with Crippen LogP contribution in [-0.4, -0.2) is 34.7 Å². The van der Waals surface area contributed by atoms with Gasteiger partial charge in [-0.2, -0.15) is 0 Å². The van der Waals surface area contributed by atoms with Crippen LogP contribution in [0.15, 0.2) is 18.3 Å². The summed E-state index contributed by atoms with van der Waals surface area (Å²) in [7, 11) is 0. The van der Waals surface area contributed by atoms with Crippen LogP contribution >= 0.6 is 0 Å². The van der Waals surface area contributed by atoms with E-state index in [1.54, 1.807) is 12.3 Å². The Morgan fingerprint density at radius 2 is 2.38 bits per heavy atom. The molecule has 1 saturated heterocycles. The number of rotatable bonds is 3. The maximum absolute atomic E-state index is 11.0. The molecule has 1 amide bonds. The molecule has 0 bridgehead atoms. The fourth-order valence-electron chi connectivity index (χ4n) is 1.82. The largest absolute Gasteiger partial charge is 0.386 e. The summed E-state index contributed by atoms with van der Waals surface area (Å²) < 4.78 is 0. The van der Waals surface area contributed by atoms with Crippen molar-refractivity contribution in [1.82, 2.24) is 4.98 Å². The monoisotopic (exact) mass is 221 g/mol. The molecule has 1 aliphatic rings. The van der Waals surface area contributed by atoms with Gasteiger partial charge < -0.3 is 15.7 Å². The smallest absolute Gasteiger partial charge is 0.267 e. The number of β-amino-alcohol motifs (C(OH)–C–C–N with tert-alkyl or cyclic N) is 1.